The average Bonchev–Trinajstić information content (AvgIpc) is 2.32. The van der Waals surface area contributed by atoms with E-state index in [1.165, 1.54) is 6.92 Å². The Bertz CT molecular complexity index is 490. The lowest BCUT2D eigenvalue weighted by atomic mass is 10.1. The van der Waals surface area contributed by atoms with E-state index in [9.17, 15) is 22.8 Å². The highest BCUT2D eigenvalue weighted by Crippen LogP contribution is 1.99. The van der Waals surface area contributed by atoms with Gasteiger partial charge in [0.05, 0.1) is 11.8 Å². The van der Waals surface area contributed by atoms with Gasteiger partial charge in [-0.2, -0.15) is 0 Å². The average molecular weight is 323 g/mol. The number of hydrogen-bond acceptors (Lipinski definition) is 5. The number of carboxylic acid groups (broad SMARTS) is 1. The summed E-state index contributed by atoms with van der Waals surface area (Å²) in [6, 6.07) is -2.42. The summed E-state index contributed by atoms with van der Waals surface area (Å²) in [4.78, 5) is 33.3. The zero-order valence-electron chi connectivity index (χ0n) is 12.0. The van der Waals surface area contributed by atoms with E-state index in [2.05, 4.69) is 10.0 Å². The van der Waals surface area contributed by atoms with Crippen LogP contribution in [0.2, 0.25) is 0 Å². The van der Waals surface area contributed by atoms with Crippen LogP contribution in [0.15, 0.2) is 0 Å². The summed E-state index contributed by atoms with van der Waals surface area (Å²) < 4.78 is 25.2. The quantitative estimate of drug-likeness (QED) is 0.385. The van der Waals surface area contributed by atoms with Gasteiger partial charge < -0.3 is 16.2 Å². The number of sulfonamides is 1. The van der Waals surface area contributed by atoms with Gasteiger partial charge in [-0.05, 0) is 19.8 Å². The van der Waals surface area contributed by atoms with Crippen LogP contribution >= 0.6 is 0 Å². The third-order valence-electron chi connectivity index (χ3n) is 2.52. The maximum Gasteiger partial charge on any atom is 0.326 e. The highest BCUT2D eigenvalue weighted by molar-refractivity contribution is 7.89. The van der Waals surface area contributed by atoms with Crippen molar-refractivity contribution >= 4 is 27.8 Å². The molecule has 0 aliphatic rings. The number of nitrogens with one attached hydrogen (secondary N) is 2. The largest absolute Gasteiger partial charge is 0.480 e. The van der Waals surface area contributed by atoms with E-state index < -0.39 is 39.9 Å². The van der Waals surface area contributed by atoms with Crippen LogP contribution in [0.25, 0.3) is 0 Å². The second-order valence-electron chi connectivity index (χ2n) is 4.56. The first kappa shape index (κ1) is 19.3. The van der Waals surface area contributed by atoms with Gasteiger partial charge in [0.1, 0.15) is 6.04 Å². The van der Waals surface area contributed by atoms with Crippen molar-refractivity contribution in [3.63, 3.8) is 0 Å². The van der Waals surface area contributed by atoms with Crippen molar-refractivity contribution in [1.29, 1.82) is 0 Å². The smallest absolute Gasteiger partial charge is 0.326 e. The van der Waals surface area contributed by atoms with Crippen LogP contribution < -0.4 is 15.8 Å². The number of primary amides is 1. The van der Waals surface area contributed by atoms with Crippen molar-refractivity contribution in [2.24, 2.45) is 5.73 Å². The summed E-state index contributed by atoms with van der Waals surface area (Å²) in [5.74, 6) is -2.93. The second-order valence-corrected chi connectivity index (χ2v) is 6.44. The molecule has 21 heavy (non-hydrogen) atoms. The van der Waals surface area contributed by atoms with Crippen LogP contribution in [0.3, 0.4) is 0 Å². The van der Waals surface area contributed by atoms with Crippen LogP contribution in [-0.4, -0.2) is 49.1 Å². The number of carboxylic acids is 1. The van der Waals surface area contributed by atoms with Crippen molar-refractivity contribution < 1.29 is 27.9 Å². The fourth-order valence-electron chi connectivity index (χ4n) is 1.49. The van der Waals surface area contributed by atoms with Crippen molar-refractivity contribution in [2.75, 3.05) is 5.75 Å². The first-order valence-electron chi connectivity index (χ1n) is 6.40. The second kappa shape index (κ2) is 8.57. The van der Waals surface area contributed by atoms with Crippen molar-refractivity contribution in [3.05, 3.63) is 0 Å². The molecule has 0 aliphatic heterocycles. The summed E-state index contributed by atoms with van der Waals surface area (Å²) in [6.07, 6.45) is 0.0259. The first-order chi connectivity index (χ1) is 9.59. The molecule has 0 rings (SSSR count). The van der Waals surface area contributed by atoms with Gasteiger partial charge in [0.25, 0.3) is 0 Å². The van der Waals surface area contributed by atoms with E-state index >= 15 is 0 Å². The van der Waals surface area contributed by atoms with Gasteiger partial charge in [-0.25, -0.2) is 17.9 Å². The zero-order chi connectivity index (χ0) is 16.6. The summed E-state index contributed by atoms with van der Waals surface area (Å²) >= 11 is 0. The Labute approximate surface area is 123 Å². The fraction of sp³-hybridized carbons (Fsp3) is 0.727. The van der Waals surface area contributed by atoms with E-state index in [4.69, 9.17) is 10.8 Å². The van der Waals surface area contributed by atoms with Crippen molar-refractivity contribution in [2.45, 2.75) is 45.2 Å². The Balaban J connectivity index is 4.61. The minimum atomic E-state index is -3.59. The molecule has 0 aliphatic carbocycles. The maximum atomic E-state index is 11.8. The lowest BCUT2D eigenvalue weighted by Crippen LogP contribution is -2.50. The SMILES string of the molecule is CCCS(=O)(=O)NC(C)C(=O)NC(CCC(N)=O)C(=O)O. The summed E-state index contributed by atoms with van der Waals surface area (Å²) in [5, 5.41) is 11.1. The molecule has 0 heterocycles. The molecule has 0 saturated heterocycles. The zero-order valence-corrected chi connectivity index (χ0v) is 12.8. The molecule has 2 amide bonds. The summed E-state index contributed by atoms with van der Waals surface area (Å²) in [7, 11) is -3.59. The summed E-state index contributed by atoms with van der Waals surface area (Å²) in [6.45, 7) is 2.98. The van der Waals surface area contributed by atoms with Gasteiger partial charge in [0.2, 0.25) is 21.8 Å². The number of aliphatic carboxylic acids is 1. The molecule has 0 spiro atoms. The Hall–Kier alpha value is -1.68. The lowest BCUT2D eigenvalue weighted by Gasteiger charge is -2.18. The lowest BCUT2D eigenvalue weighted by molar-refractivity contribution is -0.142. The van der Waals surface area contributed by atoms with Gasteiger partial charge in [0, 0.05) is 6.42 Å². The van der Waals surface area contributed by atoms with Gasteiger partial charge in [-0.15, -0.1) is 0 Å². The monoisotopic (exact) mass is 323 g/mol. The molecule has 0 saturated carbocycles. The highest BCUT2D eigenvalue weighted by atomic mass is 32.2. The van der Waals surface area contributed by atoms with Crippen LogP contribution in [0.4, 0.5) is 0 Å². The Kier molecular flexibility index (Phi) is 7.89. The van der Waals surface area contributed by atoms with Gasteiger partial charge in [-0.1, -0.05) is 6.92 Å². The molecular weight excluding hydrogens is 302 g/mol. The Morgan fingerprint density at radius 3 is 2.29 bits per heavy atom. The molecular formula is C11H21N3O6S. The number of carbonyl (C=O) groups excluding carboxylic acids is 2. The van der Waals surface area contributed by atoms with Crippen molar-refractivity contribution in [1.82, 2.24) is 10.0 Å². The predicted octanol–water partition coefficient (Wildman–Crippen LogP) is -1.46. The van der Waals surface area contributed by atoms with E-state index in [1.807, 2.05) is 0 Å². The third kappa shape index (κ3) is 8.25. The maximum absolute atomic E-state index is 11.8. The van der Waals surface area contributed by atoms with Crippen LogP contribution in [-0.2, 0) is 24.4 Å². The van der Waals surface area contributed by atoms with Crippen molar-refractivity contribution in [3.8, 4) is 0 Å². The predicted molar refractivity (Wildman–Crippen MR) is 74.7 cm³/mol. The molecule has 0 aromatic carbocycles. The number of nitrogens with two attached hydrogens (primary N) is 1. The normalized spacial score (nSPS) is 14.2. The minimum Gasteiger partial charge on any atom is -0.480 e. The molecule has 0 aromatic heterocycles. The molecule has 0 fully saturated rings. The minimum absolute atomic E-state index is 0.130. The van der Waals surface area contributed by atoms with Gasteiger partial charge in [0.15, 0.2) is 0 Å². The molecule has 122 valence electrons. The molecule has 0 bridgehead atoms. The number of hydrogen-bond donors (Lipinski definition) is 4. The van der Waals surface area contributed by atoms with E-state index in [0.717, 1.165) is 0 Å². The van der Waals surface area contributed by atoms with Crippen LogP contribution in [0, 0.1) is 0 Å². The Morgan fingerprint density at radius 2 is 1.86 bits per heavy atom. The highest BCUT2D eigenvalue weighted by Gasteiger charge is 2.25. The fourth-order valence-corrected chi connectivity index (χ4v) is 2.79. The number of rotatable bonds is 10. The third-order valence-corrected chi connectivity index (χ3v) is 4.17. The van der Waals surface area contributed by atoms with Crippen LogP contribution in [0.1, 0.15) is 33.1 Å². The first-order valence-corrected chi connectivity index (χ1v) is 8.05. The van der Waals surface area contributed by atoms with Gasteiger partial charge >= 0.3 is 5.97 Å². The molecule has 10 heteroatoms. The molecule has 0 aromatic rings. The van der Waals surface area contributed by atoms with Crippen LogP contribution in [0.5, 0.6) is 0 Å². The molecule has 2 atom stereocenters. The molecule has 2 unspecified atom stereocenters. The number of amides is 2. The topological polar surface area (TPSA) is 156 Å². The molecule has 0 radical (unpaired) electrons. The van der Waals surface area contributed by atoms with E-state index in [-0.39, 0.29) is 18.6 Å². The van der Waals surface area contributed by atoms with Gasteiger partial charge in [-0.3, -0.25) is 9.59 Å². The molecule has 5 N–H and O–H groups in total. The summed E-state index contributed by atoms with van der Waals surface area (Å²) in [5.41, 5.74) is 4.91. The Morgan fingerprint density at radius 1 is 1.29 bits per heavy atom. The molecule has 9 nitrogen and oxygen atoms in total. The van der Waals surface area contributed by atoms with E-state index in [1.54, 1.807) is 6.92 Å². The standard InChI is InChI=1S/C11H21N3O6S/c1-3-6-21(19,20)14-7(2)10(16)13-8(11(17)18)4-5-9(12)15/h7-8,14H,3-6H2,1-2H3,(H2,12,15)(H,13,16)(H,17,18). The van der Waals surface area contributed by atoms with E-state index in [0.29, 0.717) is 6.42 Å². The number of carbonyl (C=O) groups is 3.